The number of nitrogens with one attached hydrogen (secondary N) is 1. The van der Waals surface area contributed by atoms with Crippen LogP contribution in [-0.2, 0) is 6.42 Å². The Morgan fingerprint density at radius 3 is 2.86 bits per heavy atom. The number of nitrogens with zero attached hydrogens (tertiary/aromatic N) is 5. The molecule has 0 saturated carbocycles. The minimum absolute atomic E-state index is 0.259. The van der Waals surface area contributed by atoms with E-state index in [2.05, 4.69) is 64.3 Å². The van der Waals surface area contributed by atoms with Gasteiger partial charge in [-0.15, -0.1) is 0 Å². The Balaban J connectivity index is 1.45. The monoisotopic (exact) mass is 490 g/mol. The lowest BCUT2D eigenvalue weighted by Gasteiger charge is -2.22. The van der Waals surface area contributed by atoms with E-state index < -0.39 is 0 Å². The van der Waals surface area contributed by atoms with E-state index in [9.17, 15) is 0 Å². The lowest BCUT2D eigenvalue weighted by atomic mass is 10.1. The Kier molecular flexibility index (Phi) is 6.62. The molecule has 1 aromatic heterocycles. The second-order valence-corrected chi connectivity index (χ2v) is 9.89. The molecule has 2 aromatic rings. The Hall–Kier alpha value is -3.16. The molecule has 182 valence electrons. The quantitative estimate of drug-likeness (QED) is 0.589. The Morgan fingerprint density at radius 2 is 2.09 bits per heavy atom. The first-order valence-electron chi connectivity index (χ1n) is 12.0. The van der Waals surface area contributed by atoms with Crippen LogP contribution < -0.4 is 15.0 Å². The molecule has 35 heavy (non-hydrogen) atoms. The molecule has 7 nitrogen and oxygen atoms in total. The second-order valence-electron chi connectivity index (χ2n) is 9.51. The maximum absolute atomic E-state index is 6.72. The van der Waals surface area contributed by atoms with Crippen molar-refractivity contribution in [2.45, 2.75) is 32.7 Å². The number of allylic oxidation sites excluding steroid dienone is 2. The lowest BCUT2D eigenvalue weighted by molar-refractivity contribution is 0.315. The van der Waals surface area contributed by atoms with Crippen molar-refractivity contribution >= 4 is 35.1 Å². The van der Waals surface area contributed by atoms with Crippen LogP contribution in [0.2, 0.25) is 5.02 Å². The predicted molar refractivity (Wildman–Crippen MR) is 144 cm³/mol. The highest BCUT2D eigenvalue weighted by Crippen LogP contribution is 2.39. The molecule has 1 unspecified atom stereocenters. The molecule has 1 N–H and O–H groups in total. The van der Waals surface area contributed by atoms with Gasteiger partial charge in [-0.2, -0.15) is 9.97 Å². The molecular formula is C27H31ClN6O. The largest absolute Gasteiger partial charge is 0.423 e. The summed E-state index contributed by atoms with van der Waals surface area (Å²) >= 11 is 6.72. The topological polar surface area (TPSA) is 65.9 Å². The zero-order chi connectivity index (χ0) is 24.5. The number of rotatable bonds is 6. The first kappa shape index (κ1) is 23.6. The predicted octanol–water partition coefficient (Wildman–Crippen LogP) is 5.35. The summed E-state index contributed by atoms with van der Waals surface area (Å²) in [5, 5.41) is 3.94. The third-order valence-electron chi connectivity index (χ3n) is 6.60. The van der Waals surface area contributed by atoms with Crippen molar-refractivity contribution in [3.63, 3.8) is 0 Å². The van der Waals surface area contributed by atoms with E-state index in [1.807, 2.05) is 31.2 Å². The number of anilines is 2. The van der Waals surface area contributed by atoms with Crippen molar-refractivity contribution in [1.82, 2.24) is 14.9 Å². The molecule has 8 heteroatoms. The lowest BCUT2D eigenvalue weighted by Crippen LogP contribution is -2.31. The maximum Gasteiger partial charge on any atom is 0.325 e. The van der Waals surface area contributed by atoms with Crippen LogP contribution in [0, 0.1) is 0 Å². The van der Waals surface area contributed by atoms with E-state index in [4.69, 9.17) is 21.3 Å². The molecule has 0 amide bonds. The first-order chi connectivity index (χ1) is 16.9. The van der Waals surface area contributed by atoms with Gasteiger partial charge in [0, 0.05) is 30.8 Å². The van der Waals surface area contributed by atoms with E-state index >= 15 is 0 Å². The number of ether oxygens (including phenoxy) is 1. The molecule has 1 atom stereocenters. The summed E-state index contributed by atoms with van der Waals surface area (Å²) in [5.41, 5.74) is 4.68. The highest BCUT2D eigenvalue weighted by atomic mass is 35.5. The fourth-order valence-electron chi connectivity index (χ4n) is 4.72. The highest BCUT2D eigenvalue weighted by molar-refractivity contribution is 6.33. The van der Waals surface area contributed by atoms with Gasteiger partial charge in [0.1, 0.15) is 23.2 Å². The number of amidine groups is 1. The van der Waals surface area contributed by atoms with E-state index in [1.165, 1.54) is 11.1 Å². The van der Waals surface area contributed by atoms with Gasteiger partial charge in [0.2, 0.25) is 0 Å². The molecule has 5 rings (SSSR count). The number of likely N-dealkylation sites (N-methyl/N-ethyl adjacent to an activating group) is 1. The van der Waals surface area contributed by atoms with Gasteiger partial charge in [0.05, 0.1) is 11.6 Å². The smallest absolute Gasteiger partial charge is 0.325 e. The normalized spacial score (nSPS) is 19.3. The summed E-state index contributed by atoms with van der Waals surface area (Å²) in [6.45, 7) is 6.60. The highest BCUT2D eigenvalue weighted by Gasteiger charge is 2.26. The van der Waals surface area contributed by atoms with Gasteiger partial charge >= 0.3 is 6.01 Å². The van der Waals surface area contributed by atoms with Crippen molar-refractivity contribution in [3.8, 4) is 11.8 Å². The number of fused-ring (bicyclic) bond motifs is 1. The zero-order valence-electron chi connectivity index (χ0n) is 20.7. The second kappa shape index (κ2) is 9.84. The third-order valence-corrected chi connectivity index (χ3v) is 6.99. The van der Waals surface area contributed by atoms with Crippen LogP contribution >= 0.6 is 11.6 Å². The van der Waals surface area contributed by atoms with Gasteiger partial charge in [0.25, 0.3) is 0 Å². The molecule has 0 bridgehead atoms. The zero-order valence-corrected chi connectivity index (χ0v) is 21.4. The fourth-order valence-corrected chi connectivity index (χ4v) is 5.00. The minimum atomic E-state index is 0.259. The number of hydrogen-bond acceptors (Lipinski definition) is 7. The van der Waals surface area contributed by atoms with Crippen molar-refractivity contribution in [1.29, 1.82) is 0 Å². The molecule has 1 aliphatic carbocycles. The van der Waals surface area contributed by atoms with Crippen LogP contribution in [0.5, 0.6) is 11.8 Å². The van der Waals surface area contributed by atoms with Crippen LogP contribution in [0.1, 0.15) is 31.4 Å². The van der Waals surface area contributed by atoms with Gasteiger partial charge in [-0.3, -0.25) is 4.99 Å². The third kappa shape index (κ3) is 5.11. The standard InChI is InChI=1S/C27H31ClN6O/c1-5-6-18-13-23(29-15-18)30-24-14-25(34-10-9-20(16-34)33(3)4)32-27(31-24)35-22-8-7-19-11-17(2)12-21(19)26(22)28/h5-8,12-14,20H,9-11,15-16H2,1-4H3,(H,29,30,31,32)/b6-5+. The number of hydrogen-bond donors (Lipinski definition) is 1. The summed E-state index contributed by atoms with van der Waals surface area (Å²) in [6, 6.07) is 6.68. The average molecular weight is 491 g/mol. The van der Waals surface area contributed by atoms with Gasteiger partial charge < -0.3 is 19.9 Å². The van der Waals surface area contributed by atoms with Crippen molar-refractivity contribution in [3.05, 3.63) is 63.7 Å². The van der Waals surface area contributed by atoms with E-state index in [1.54, 1.807) is 0 Å². The number of aromatic nitrogens is 2. The summed E-state index contributed by atoms with van der Waals surface area (Å²) in [4.78, 5) is 18.5. The van der Waals surface area contributed by atoms with Gasteiger partial charge in [-0.05, 0) is 64.1 Å². The summed E-state index contributed by atoms with van der Waals surface area (Å²) in [6.07, 6.45) is 10.2. The number of benzene rings is 1. The summed E-state index contributed by atoms with van der Waals surface area (Å²) < 4.78 is 6.18. The van der Waals surface area contributed by atoms with Gasteiger partial charge in [0.15, 0.2) is 0 Å². The van der Waals surface area contributed by atoms with Gasteiger partial charge in [-0.1, -0.05) is 41.5 Å². The van der Waals surface area contributed by atoms with Crippen molar-refractivity contribution in [2.75, 3.05) is 43.9 Å². The molecule has 3 aliphatic rings. The summed E-state index contributed by atoms with van der Waals surface area (Å²) in [7, 11) is 4.24. The minimum Gasteiger partial charge on any atom is -0.423 e. The van der Waals surface area contributed by atoms with Crippen molar-refractivity contribution < 1.29 is 4.74 Å². The maximum atomic E-state index is 6.72. The Labute approximate surface area is 211 Å². The fraction of sp³-hybridized carbons (Fsp3) is 0.370. The molecule has 1 saturated heterocycles. The van der Waals surface area contributed by atoms with E-state index in [0.717, 1.165) is 48.7 Å². The van der Waals surface area contributed by atoms with Crippen LogP contribution in [0.4, 0.5) is 11.6 Å². The Morgan fingerprint density at radius 1 is 1.23 bits per heavy atom. The van der Waals surface area contributed by atoms with Crippen LogP contribution in [0.15, 0.2) is 52.6 Å². The number of aliphatic imine (C=N–C) groups is 1. The van der Waals surface area contributed by atoms with E-state index in [-0.39, 0.29) is 6.01 Å². The van der Waals surface area contributed by atoms with Gasteiger partial charge in [-0.25, -0.2) is 0 Å². The van der Waals surface area contributed by atoms with Crippen LogP contribution in [0.3, 0.4) is 0 Å². The molecule has 0 spiro atoms. The molecular weight excluding hydrogens is 460 g/mol. The molecule has 0 radical (unpaired) electrons. The van der Waals surface area contributed by atoms with E-state index in [0.29, 0.717) is 29.2 Å². The van der Waals surface area contributed by atoms with Crippen LogP contribution in [0.25, 0.3) is 6.08 Å². The Bertz CT molecular complexity index is 1260. The average Bonchev–Trinajstić information content (AvgIpc) is 3.56. The molecule has 1 aromatic carbocycles. The molecule has 3 heterocycles. The SMILES string of the molecule is C/C=C/C1=CC(Nc2cc(N3CCC(N(C)C)C3)nc(Oc3ccc4c(c3Cl)C=C(C)C4)n2)=NC1. The first-order valence-corrected chi connectivity index (χ1v) is 12.4. The van der Waals surface area contributed by atoms with Crippen molar-refractivity contribution in [2.24, 2.45) is 4.99 Å². The summed E-state index contributed by atoms with van der Waals surface area (Å²) in [5.74, 6) is 2.80. The number of halogens is 1. The molecule has 2 aliphatic heterocycles. The molecule has 1 fully saturated rings. The van der Waals surface area contributed by atoms with Crippen LogP contribution in [-0.4, -0.2) is 60.5 Å².